The van der Waals surface area contributed by atoms with E-state index in [2.05, 4.69) is 43.1 Å². The lowest BCUT2D eigenvalue weighted by atomic mass is 10.0. The van der Waals surface area contributed by atoms with Crippen molar-refractivity contribution in [2.24, 2.45) is 5.41 Å². The first-order valence-corrected chi connectivity index (χ1v) is 12.8. The minimum absolute atomic E-state index is 0.0229. The number of hydrogen-bond acceptors (Lipinski definition) is 7. The molecule has 10 nitrogen and oxygen atoms in total. The lowest BCUT2D eigenvalue weighted by molar-refractivity contribution is -0.138. The van der Waals surface area contributed by atoms with Crippen LogP contribution in [0.5, 0.6) is 5.75 Å². The number of ether oxygens (including phenoxy) is 1. The fourth-order valence-electron chi connectivity index (χ4n) is 5.79. The van der Waals surface area contributed by atoms with Crippen LogP contribution in [-0.2, 0) is 16.1 Å². The normalized spacial score (nSPS) is 22.3. The molecule has 6 rings (SSSR count). The topological polar surface area (TPSA) is 128 Å². The number of amides is 2. The fraction of sp³-hybridized carbons (Fsp3) is 0.346. The van der Waals surface area contributed by atoms with E-state index in [0.29, 0.717) is 39.4 Å². The number of nitrogen functional groups attached to an aromatic ring is 1. The molecule has 0 radical (unpaired) electrons. The second-order valence-electron chi connectivity index (χ2n) is 10.1. The Kier molecular flexibility index (Phi) is 5.37. The number of nitrogens with two attached hydrogens (primary N) is 1. The predicted octanol–water partition coefficient (Wildman–Crippen LogP) is 3.66. The van der Waals surface area contributed by atoms with Crippen LogP contribution in [0.1, 0.15) is 25.3 Å². The Morgan fingerprint density at radius 3 is 2.84 bits per heavy atom. The third-order valence-corrected chi connectivity index (χ3v) is 8.09. The Morgan fingerprint density at radius 2 is 2.08 bits per heavy atom. The van der Waals surface area contributed by atoms with E-state index in [4.69, 9.17) is 10.5 Å². The van der Waals surface area contributed by atoms with Crippen molar-refractivity contribution in [3.8, 4) is 5.75 Å². The van der Waals surface area contributed by atoms with E-state index in [-0.39, 0.29) is 29.8 Å². The van der Waals surface area contributed by atoms with Gasteiger partial charge in [-0.2, -0.15) is 0 Å². The molecule has 0 bridgehead atoms. The van der Waals surface area contributed by atoms with Crippen LogP contribution in [0.4, 0.5) is 11.6 Å². The maximum Gasteiger partial charge on any atom is 0.248 e. The molecule has 1 saturated heterocycles. The van der Waals surface area contributed by atoms with Gasteiger partial charge < -0.3 is 25.3 Å². The van der Waals surface area contributed by atoms with Crippen LogP contribution in [0.2, 0.25) is 0 Å². The van der Waals surface area contributed by atoms with Crippen LogP contribution in [0, 0.1) is 12.3 Å². The van der Waals surface area contributed by atoms with Gasteiger partial charge in [-0.05, 0) is 70.9 Å². The molecule has 4 aromatic rings. The molecular formula is C26H26BrN7O3. The number of carbonyl (C=O) groups excluding carboxylic acids is 2. The number of piperidine rings is 1. The molecule has 3 aromatic heterocycles. The number of nitrogens with one attached hydrogen (secondary N) is 1. The van der Waals surface area contributed by atoms with E-state index < -0.39 is 6.04 Å². The summed E-state index contributed by atoms with van der Waals surface area (Å²) in [5.41, 5.74) is 8.54. The first-order chi connectivity index (χ1) is 17.7. The molecule has 1 aromatic carbocycles. The Balaban J connectivity index is 1.37. The summed E-state index contributed by atoms with van der Waals surface area (Å²) in [6, 6.07) is 8.58. The van der Waals surface area contributed by atoms with Crippen molar-refractivity contribution >= 4 is 61.3 Å². The smallest absolute Gasteiger partial charge is 0.248 e. The van der Waals surface area contributed by atoms with Crippen LogP contribution in [0.25, 0.3) is 21.9 Å². The van der Waals surface area contributed by atoms with E-state index in [1.807, 2.05) is 23.6 Å². The minimum atomic E-state index is -0.578. The van der Waals surface area contributed by atoms with Gasteiger partial charge in [0, 0.05) is 11.4 Å². The first-order valence-electron chi connectivity index (χ1n) is 12.0. The zero-order valence-electron chi connectivity index (χ0n) is 20.7. The molecule has 11 heteroatoms. The molecule has 4 heterocycles. The largest absolute Gasteiger partial charge is 0.497 e. The molecule has 1 aliphatic carbocycles. The predicted molar refractivity (Wildman–Crippen MR) is 143 cm³/mol. The number of anilines is 2. The molecular weight excluding hydrogens is 538 g/mol. The van der Waals surface area contributed by atoms with E-state index in [1.54, 1.807) is 30.2 Å². The van der Waals surface area contributed by atoms with E-state index in [9.17, 15) is 9.59 Å². The molecule has 2 aliphatic rings. The number of aromatic nitrogens is 4. The van der Waals surface area contributed by atoms with Gasteiger partial charge in [-0.15, -0.1) is 0 Å². The zero-order chi connectivity index (χ0) is 26.1. The number of carbonyl (C=O) groups is 2. The quantitative estimate of drug-likeness (QED) is 0.354. The van der Waals surface area contributed by atoms with Crippen molar-refractivity contribution < 1.29 is 14.3 Å². The summed E-state index contributed by atoms with van der Waals surface area (Å²) in [5.74, 6) is 1.09. The molecule has 37 heavy (non-hydrogen) atoms. The SMILES string of the molecule is COc1cc(C)c2c(c1)c1c(N)ncnc1n2CC(=O)N1[C@H](C(=O)Nc2cccc(Br)n2)C[C@@]2(C)C[C@@H]12. The van der Waals surface area contributed by atoms with Crippen LogP contribution >= 0.6 is 15.9 Å². The maximum atomic E-state index is 13.9. The maximum absolute atomic E-state index is 13.9. The Morgan fingerprint density at radius 1 is 1.27 bits per heavy atom. The van der Waals surface area contributed by atoms with E-state index in [0.717, 1.165) is 22.9 Å². The van der Waals surface area contributed by atoms with Gasteiger partial charge in [0.1, 0.15) is 46.5 Å². The average Bonchev–Trinajstić information content (AvgIpc) is 3.25. The number of nitrogens with zero attached hydrogens (tertiary/aromatic N) is 5. The highest BCUT2D eigenvalue weighted by atomic mass is 79.9. The van der Waals surface area contributed by atoms with Gasteiger partial charge in [-0.3, -0.25) is 9.59 Å². The zero-order valence-corrected chi connectivity index (χ0v) is 22.2. The lowest BCUT2D eigenvalue weighted by Gasteiger charge is -2.27. The summed E-state index contributed by atoms with van der Waals surface area (Å²) in [4.78, 5) is 42.0. The number of benzene rings is 1. The number of aryl methyl sites for hydroxylation is 1. The summed E-state index contributed by atoms with van der Waals surface area (Å²) in [7, 11) is 1.61. The van der Waals surface area contributed by atoms with Gasteiger partial charge in [-0.1, -0.05) is 13.0 Å². The highest BCUT2D eigenvalue weighted by Crippen LogP contribution is 2.59. The average molecular weight is 564 g/mol. The second kappa shape index (κ2) is 8.41. The molecule has 190 valence electrons. The molecule has 0 spiro atoms. The van der Waals surface area contributed by atoms with Crippen LogP contribution in [0.15, 0.2) is 41.3 Å². The Hall–Kier alpha value is -3.73. The van der Waals surface area contributed by atoms with Crippen molar-refractivity contribution in [3.05, 3.63) is 46.8 Å². The number of halogens is 1. The summed E-state index contributed by atoms with van der Waals surface area (Å²) >= 11 is 3.33. The van der Waals surface area contributed by atoms with Crippen LogP contribution < -0.4 is 15.8 Å². The molecule has 0 unspecified atom stereocenters. The third kappa shape index (κ3) is 3.79. The fourth-order valence-corrected chi connectivity index (χ4v) is 6.13. The van der Waals surface area contributed by atoms with E-state index in [1.165, 1.54) is 6.33 Å². The number of methoxy groups -OCH3 is 1. The monoisotopic (exact) mass is 563 g/mol. The number of fused-ring (bicyclic) bond motifs is 4. The van der Waals surface area contributed by atoms with Crippen molar-refractivity contribution in [1.82, 2.24) is 24.4 Å². The molecule has 2 fully saturated rings. The highest BCUT2D eigenvalue weighted by molar-refractivity contribution is 9.10. The molecule has 2 amide bonds. The van der Waals surface area contributed by atoms with Gasteiger partial charge in [0.25, 0.3) is 0 Å². The van der Waals surface area contributed by atoms with Crippen molar-refractivity contribution in [2.45, 2.75) is 45.3 Å². The summed E-state index contributed by atoms with van der Waals surface area (Å²) in [6.45, 7) is 4.12. The van der Waals surface area contributed by atoms with Gasteiger partial charge >= 0.3 is 0 Å². The van der Waals surface area contributed by atoms with Gasteiger partial charge in [-0.25, -0.2) is 15.0 Å². The second-order valence-corrected chi connectivity index (χ2v) is 10.9. The number of pyridine rings is 1. The number of hydrogen-bond donors (Lipinski definition) is 2. The van der Waals surface area contributed by atoms with Crippen molar-refractivity contribution in [2.75, 3.05) is 18.2 Å². The molecule has 3 N–H and O–H groups in total. The van der Waals surface area contributed by atoms with Crippen LogP contribution in [0.3, 0.4) is 0 Å². The Bertz CT molecular complexity index is 1600. The molecule has 1 aliphatic heterocycles. The number of rotatable bonds is 5. The summed E-state index contributed by atoms with van der Waals surface area (Å²) < 4.78 is 7.97. The number of likely N-dealkylation sites (tertiary alicyclic amines) is 1. The molecule has 1 saturated carbocycles. The summed E-state index contributed by atoms with van der Waals surface area (Å²) in [5, 5.41) is 4.39. The van der Waals surface area contributed by atoms with E-state index >= 15 is 0 Å². The lowest BCUT2D eigenvalue weighted by Crippen LogP contribution is -2.46. The minimum Gasteiger partial charge on any atom is -0.497 e. The highest BCUT2D eigenvalue weighted by Gasteiger charge is 2.64. The molecule has 3 atom stereocenters. The first kappa shape index (κ1) is 23.7. The van der Waals surface area contributed by atoms with Gasteiger partial charge in [0.05, 0.1) is 18.0 Å². The Labute approximate surface area is 221 Å². The summed E-state index contributed by atoms with van der Waals surface area (Å²) in [6.07, 6.45) is 2.90. The standard InChI is InChI=1S/C26H26BrN7O3/c1-13-7-14(37-3)8-15-21-23(28)29-12-30-24(21)33(22(13)15)11-20(35)34-16(9-26(2)10-17(26)34)25(36)32-19-6-4-5-18(27)31-19/h4-8,12,16-17H,9-11H2,1-3H3,(H2,28,29,30)(H,31,32,36)/t16-,17+,26-/m0/s1. The van der Waals surface area contributed by atoms with Crippen molar-refractivity contribution in [1.29, 1.82) is 0 Å². The van der Waals surface area contributed by atoms with Crippen molar-refractivity contribution in [3.63, 3.8) is 0 Å². The van der Waals surface area contributed by atoms with Crippen LogP contribution in [-0.4, -0.2) is 55.4 Å². The van der Waals surface area contributed by atoms with Gasteiger partial charge in [0.2, 0.25) is 11.8 Å². The third-order valence-electron chi connectivity index (χ3n) is 7.65. The van der Waals surface area contributed by atoms with Gasteiger partial charge in [0.15, 0.2) is 0 Å².